The van der Waals surface area contributed by atoms with Gasteiger partial charge in [-0.05, 0) is 43.2 Å². The number of nitrogens with one attached hydrogen (secondary N) is 1. The largest absolute Gasteiger partial charge is 0.377 e. The molecule has 0 spiro atoms. The molecule has 1 rings (SSSR count). The zero-order valence-corrected chi connectivity index (χ0v) is 12.6. The van der Waals surface area contributed by atoms with Crippen LogP contribution in [0, 0.1) is 0 Å². The van der Waals surface area contributed by atoms with Crippen LogP contribution in [0.2, 0.25) is 0 Å². The van der Waals surface area contributed by atoms with E-state index < -0.39 is 0 Å². The van der Waals surface area contributed by atoms with Crippen molar-refractivity contribution in [3.8, 4) is 0 Å². The zero-order chi connectivity index (χ0) is 12.8. The van der Waals surface area contributed by atoms with Crippen molar-refractivity contribution < 1.29 is 4.74 Å². The first kappa shape index (κ1) is 14.7. The van der Waals surface area contributed by atoms with Crippen LogP contribution in [-0.4, -0.2) is 29.0 Å². The molecule has 4 nitrogen and oxygen atoms in total. The Labute approximate surface area is 112 Å². The van der Waals surface area contributed by atoms with E-state index in [1.807, 2.05) is 10.9 Å². The van der Waals surface area contributed by atoms with Crippen molar-refractivity contribution in [1.82, 2.24) is 15.1 Å². The van der Waals surface area contributed by atoms with Crippen LogP contribution >= 0.6 is 15.9 Å². The predicted molar refractivity (Wildman–Crippen MR) is 73.1 cm³/mol. The molecule has 0 amide bonds. The summed E-state index contributed by atoms with van der Waals surface area (Å²) in [7, 11) is 0. The second-order valence-corrected chi connectivity index (χ2v) is 5.04. The smallest absolute Gasteiger partial charge is 0.0741 e. The summed E-state index contributed by atoms with van der Waals surface area (Å²) in [6.07, 6.45) is 2.09. The van der Waals surface area contributed by atoms with Crippen molar-refractivity contribution in [3.05, 3.63) is 16.4 Å². The van der Waals surface area contributed by atoms with Crippen molar-refractivity contribution >= 4 is 15.9 Å². The first-order valence-electron chi connectivity index (χ1n) is 6.16. The molecule has 5 heteroatoms. The standard InChI is InChI=1S/C12H22BrN3O/c1-5-14-11(8-17-9(3)4)12-10(13)7-15-16(12)6-2/h7,9,11,14H,5-6,8H2,1-4H3. The molecule has 0 saturated heterocycles. The highest BCUT2D eigenvalue weighted by molar-refractivity contribution is 9.10. The van der Waals surface area contributed by atoms with Crippen LogP contribution in [0.3, 0.4) is 0 Å². The van der Waals surface area contributed by atoms with Crippen LogP contribution in [-0.2, 0) is 11.3 Å². The van der Waals surface area contributed by atoms with Gasteiger partial charge < -0.3 is 10.1 Å². The average molecular weight is 304 g/mol. The molecule has 0 aliphatic rings. The molecule has 0 aliphatic heterocycles. The van der Waals surface area contributed by atoms with Gasteiger partial charge in [0.15, 0.2) is 0 Å². The van der Waals surface area contributed by atoms with Crippen molar-refractivity contribution in [2.45, 2.75) is 46.4 Å². The van der Waals surface area contributed by atoms with E-state index in [4.69, 9.17) is 4.74 Å². The Kier molecular flexibility index (Phi) is 6.16. The number of hydrogen-bond donors (Lipinski definition) is 1. The summed E-state index contributed by atoms with van der Waals surface area (Å²) >= 11 is 3.56. The topological polar surface area (TPSA) is 39.1 Å². The summed E-state index contributed by atoms with van der Waals surface area (Å²) in [5.74, 6) is 0. The molecular formula is C12H22BrN3O. The fraction of sp³-hybridized carbons (Fsp3) is 0.750. The quantitative estimate of drug-likeness (QED) is 0.842. The Hall–Kier alpha value is -0.390. The van der Waals surface area contributed by atoms with Crippen molar-refractivity contribution in [1.29, 1.82) is 0 Å². The molecule has 1 atom stereocenters. The number of hydrogen-bond acceptors (Lipinski definition) is 3. The van der Waals surface area contributed by atoms with E-state index in [1.54, 1.807) is 0 Å². The third-order valence-electron chi connectivity index (χ3n) is 2.51. The van der Waals surface area contributed by atoms with E-state index in [9.17, 15) is 0 Å². The Morgan fingerprint density at radius 2 is 2.18 bits per heavy atom. The fourth-order valence-electron chi connectivity index (χ4n) is 1.74. The van der Waals surface area contributed by atoms with Gasteiger partial charge in [0.1, 0.15) is 0 Å². The predicted octanol–water partition coefficient (Wildman–Crippen LogP) is 2.74. The van der Waals surface area contributed by atoms with Gasteiger partial charge in [-0.3, -0.25) is 4.68 Å². The second kappa shape index (κ2) is 7.13. The van der Waals surface area contributed by atoms with E-state index in [0.717, 1.165) is 23.3 Å². The highest BCUT2D eigenvalue weighted by atomic mass is 79.9. The van der Waals surface area contributed by atoms with E-state index in [1.165, 1.54) is 0 Å². The molecule has 1 N–H and O–H groups in total. The fourth-order valence-corrected chi connectivity index (χ4v) is 2.31. The van der Waals surface area contributed by atoms with E-state index in [-0.39, 0.29) is 12.1 Å². The Morgan fingerprint density at radius 1 is 1.47 bits per heavy atom. The van der Waals surface area contributed by atoms with Gasteiger partial charge in [0.2, 0.25) is 0 Å². The summed E-state index contributed by atoms with van der Waals surface area (Å²) < 4.78 is 8.75. The van der Waals surface area contributed by atoms with Crippen LogP contribution in [0.1, 0.15) is 39.4 Å². The molecule has 0 saturated carbocycles. The number of likely N-dealkylation sites (N-methyl/N-ethyl adjacent to an activating group) is 1. The summed E-state index contributed by atoms with van der Waals surface area (Å²) in [4.78, 5) is 0. The molecule has 1 heterocycles. The van der Waals surface area contributed by atoms with Crippen LogP contribution in [0.25, 0.3) is 0 Å². The van der Waals surface area contributed by atoms with Crippen LogP contribution < -0.4 is 5.32 Å². The van der Waals surface area contributed by atoms with Gasteiger partial charge >= 0.3 is 0 Å². The SMILES string of the molecule is CCNC(COC(C)C)c1c(Br)cnn1CC. The number of ether oxygens (including phenoxy) is 1. The molecule has 0 aliphatic carbocycles. The summed E-state index contributed by atoms with van der Waals surface area (Å²) in [5.41, 5.74) is 1.16. The molecule has 0 fully saturated rings. The van der Waals surface area contributed by atoms with Gasteiger partial charge in [0.25, 0.3) is 0 Å². The normalized spacial score (nSPS) is 13.3. The Morgan fingerprint density at radius 3 is 2.71 bits per heavy atom. The molecule has 0 bridgehead atoms. The summed E-state index contributed by atoms with van der Waals surface area (Å²) in [6, 6.07) is 0.180. The van der Waals surface area contributed by atoms with Gasteiger partial charge in [-0.2, -0.15) is 5.10 Å². The third-order valence-corrected chi connectivity index (χ3v) is 3.12. The number of aryl methyl sites for hydroxylation is 1. The minimum atomic E-state index is 0.180. The number of halogens is 1. The monoisotopic (exact) mass is 303 g/mol. The van der Waals surface area contributed by atoms with E-state index in [2.05, 4.69) is 54.0 Å². The maximum atomic E-state index is 5.71. The third kappa shape index (κ3) is 4.08. The molecule has 0 radical (unpaired) electrons. The summed E-state index contributed by atoms with van der Waals surface area (Å²) in [5, 5.41) is 7.78. The molecule has 1 aromatic heterocycles. The molecule has 1 unspecified atom stereocenters. The van der Waals surface area contributed by atoms with Crippen LogP contribution in [0.15, 0.2) is 10.7 Å². The first-order chi connectivity index (χ1) is 8.10. The van der Waals surface area contributed by atoms with Gasteiger partial charge in [-0.1, -0.05) is 6.92 Å². The lowest BCUT2D eigenvalue weighted by Gasteiger charge is -2.21. The van der Waals surface area contributed by atoms with Gasteiger partial charge in [-0.15, -0.1) is 0 Å². The Balaban J connectivity index is 2.84. The Bertz CT molecular complexity index is 338. The van der Waals surface area contributed by atoms with Crippen molar-refractivity contribution in [2.75, 3.05) is 13.2 Å². The van der Waals surface area contributed by atoms with Crippen LogP contribution in [0.5, 0.6) is 0 Å². The van der Waals surface area contributed by atoms with E-state index >= 15 is 0 Å². The lowest BCUT2D eigenvalue weighted by molar-refractivity contribution is 0.0596. The minimum Gasteiger partial charge on any atom is -0.377 e. The average Bonchev–Trinajstić information content (AvgIpc) is 2.65. The lowest BCUT2D eigenvalue weighted by atomic mass is 10.2. The molecule has 0 aromatic carbocycles. The second-order valence-electron chi connectivity index (χ2n) is 4.19. The molecular weight excluding hydrogens is 282 g/mol. The first-order valence-corrected chi connectivity index (χ1v) is 6.95. The minimum absolute atomic E-state index is 0.180. The number of rotatable bonds is 7. The molecule has 1 aromatic rings. The highest BCUT2D eigenvalue weighted by Gasteiger charge is 2.19. The van der Waals surface area contributed by atoms with Crippen LogP contribution in [0.4, 0.5) is 0 Å². The maximum absolute atomic E-state index is 5.71. The van der Waals surface area contributed by atoms with Gasteiger partial charge in [0.05, 0.1) is 35.1 Å². The van der Waals surface area contributed by atoms with Crippen molar-refractivity contribution in [3.63, 3.8) is 0 Å². The lowest BCUT2D eigenvalue weighted by Crippen LogP contribution is -2.29. The maximum Gasteiger partial charge on any atom is 0.0741 e. The van der Waals surface area contributed by atoms with E-state index in [0.29, 0.717) is 6.61 Å². The molecule has 17 heavy (non-hydrogen) atoms. The van der Waals surface area contributed by atoms with Gasteiger partial charge in [0, 0.05) is 6.54 Å². The number of nitrogens with zero attached hydrogens (tertiary/aromatic N) is 2. The highest BCUT2D eigenvalue weighted by Crippen LogP contribution is 2.23. The van der Waals surface area contributed by atoms with Crippen molar-refractivity contribution in [2.24, 2.45) is 0 Å². The number of aromatic nitrogens is 2. The summed E-state index contributed by atoms with van der Waals surface area (Å²) in [6.45, 7) is 10.7. The van der Waals surface area contributed by atoms with Gasteiger partial charge in [-0.25, -0.2) is 0 Å². The molecule has 98 valence electrons. The zero-order valence-electron chi connectivity index (χ0n) is 11.0.